The van der Waals surface area contributed by atoms with E-state index in [1.54, 1.807) is 12.3 Å². The van der Waals surface area contributed by atoms with E-state index in [2.05, 4.69) is 51.3 Å². The lowest BCUT2D eigenvalue weighted by molar-refractivity contribution is 0.407. The SMILES string of the molecule is C[C@@H]1CN(c2ccc3nc(-c4cc(F)c5nn(C)c(F)c5c4)ncc3c2)C[C@H](C)N1. The number of hydrogen-bond acceptors (Lipinski definition) is 5. The number of rotatable bonds is 2. The van der Waals surface area contributed by atoms with Crippen molar-refractivity contribution in [2.45, 2.75) is 25.9 Å². The molecule has 1 saturated heterocycles. The Labute approximate surface area is 172 Å². The summed E-state index contributed by atoms with van der Waals surface area (Å²) in [4.78, 5) is 11.4. The van der Waals surface area contributed by atoms with Crippen molar-refractivity contribution in [1.82, 2.24) is 25.1 Å². The summed E-state index contributed by atoms with van der Waals surface area (Å²) >= 11 is 0. The third-order valence-corrected chi connectivity index (χ3v) is 5.56. The summed E-state index contributed by atoms with van der Waals surface area (Å²) in [7, 11) is 1.44. The number of aryl methyl sites for hydroxylation is 1. The Morgan fingerprint density at radius 3 is 2.60 bits per heavy atom. The standard InChI is InChI=1S/C22H22F2N6/c1-12-10-30(11-13(2)26-12)16-4-5-19-15(6-16)9-25-22(27-19)14-7-17-20(18(23)8-14)28-29(3)21(17)24/h4-9,12-13,26H,10-11H2,1-3H3/t12-,13+. The summed E-state index contributed by atoms with van der Waals surface area (Å²) < 4.78 is 29.7. The topological polar surface area (TPSA) is 58.9 Å². The summed E-state index contributed by atoms with van der Waals surface area (Å²) in [5, 5.41) is 8.44. The van der Waals surface area contributed by atoms with Crippen LogP contribution in [0.15, 0.2) is 36.5 Å². The maximum absolute atomic E-state index is 14.5. The van der Waals surface area contributed by atoms with Gasteiger partial charge in [0.25, 0.3) is 0 Å². The second-order valence-electron chi connectivity index (χ2n) is 8.08. The van der Waals surface area contributed by atoms with Crippen molar-refractivity contribution in [1.29, 1.82) is 0 Å². The fraction of sp³-hybridized carbons (Fsp3) is 0.318. The van der Waals surface area contributed by atoms with Crippen LogP contribution in [-0.2, 0) is 7.05 Å². The molecular weight excluding hydrogens is 386 g/mol. The van der Waals surface area contributed by atoms with Crippen LogP contribution in [0.25, 0.3) is 33.2 Å². The molecule has 8 heteroatoms. The molecule has 1 aliphatic rings. The van der Waals surface area contributed by atoms with Gasteiger partial charge >= 0.3 is 0 Å². The molecule has 154 valence electrons. The van der Waals surface area contributed by atoms with Gasteiger partial charge in [-0.15, -0.1) is 0 Å². The predicted molar refractivity (Wildman–Crippen MR) is 113 cm³/mol. The second-order valence-corrected chi connectivity index (χ2v) is 8.08. The lowest BCUT2D eigenvalue weighted by Gasteiger charge is -2.37. The van der Waals surface area contributed by atoms with E-state index in [0.29, 0.717) is 23.5 Å². The van der Waals surface area contributed by atoms with Gasteiger partial charge < -0.3 is 10.2 Å². The minimum Gasteiger partial charge on any atom is -0.368 e. The number of piperazine rings is 1. The molecule has 0 aliphatic carbocycles. The number of hydrogen-bond donors (Lipinski definition) is 1. The number of nitrogens with zero attached hydrogens (tertiary/aromatic N) is 5. The van der Waals surface area contributed by atoms with Crippen molar-refractivity contribution in [3.8, 4) is 11.4 Å². The molecule has 2 atom stereocenters. The van der Waals surface area contributed by atoms with E-state index in [-0.39, 0.29) is 10.9 Å². The molecular formula is C22H22F2N6. The fourth-order valence-electron chi connectivity index (χ4n) is 4.25. The van der Waals surface area contributed by atoms with Gasteiger partial charge in [-0.05, 0) is 44.2 Å². The van der Waals surface area contributed by atoms with Crippen LogP contribution in [0.3, 0.4) is 0 Å². The molecule has 1 N–H and O–H groups in total. The molecule has 0 radical (unpaired) electrons. The van der Waals surface area contributed by atoms with Crippen LogP contribution in [0.1, 0.15) is 13.8 Å². The van der Waals surface area contributed by atoms with Crippen LogP contribution in [0.5, 0.6) is 0 Å². The molecule has 30 heavy (non-hydrogen) atoms. The Hall–Kier alpha value is -3.13. The largest absolute Gasteiger partial charge is 0.368 e. The first-order chi connectivity index (χ1) is 14.4. The van der Waals surface area contributed by atoms with Crippen LogP contribution in [0, 0.1) is 11.8 Å². The Morgan fingerprint density at radius 2 is 1.83 bits per heavy atom. The van der Waals surface area contributed by atoms with E-state index < -0.39 is 11.8 Å². The first kappa shape index (κ1) is 18.9. The Bertz CT molecular complexity index is 1260. The molecule has 1 fully saturated rings. The molecule has 5 rings (SSSR count). The number of aromatic nitrogens is 4. The van der Waals surface area contributed by atoms with Gasteiger partial charge in [-0.1, -0.05) is 0 Å². The summed E-state index contributed by atoms with van der Waals surface area (Å²) in [5.41, 5.74) is 2.31. The smallest absolute Gasteiger partial charge is 0.219 e. The quantitative estimate of drug-likeness (QED) is 0.549. The highest BCUT2D eigenvalue weighted by molar-refractivity contribution is 5.86. The molecule has 3 heterocycles. The van der Waals surface area contributed by atoms with Crippen LogP contribution < -0.4 is 10.2 Å². The maximum atomic E-state index is 14.5. The molecule has 0 saturated carbocycles. The molecule has 0 amide bonds. The van der Waals surface area contributed by atoms with E-state index in [4.69, 9.17) is 0 Å². The van der Waals surface area contributed by atoms with Gasteiger partial charge in [-0.3, -0.25) is 0 Å². The lowest BCUT2D eigenvalue weighted by atomic mass is 10.1. The first-order valence-electron chi connectivity index (χ1n) is 9.99. The summed E-state index contributed by atoms with van der Waals surface area (Å²) in [6, 6.07) is 9.75. The minimum atomic E-state index is -0.594. The van der Waals surface area contributed by atoms with E-state index in [9.17, 15) is 8.78 Å². The number of nitrogens with one attached hydrogen (secondary N) is 1. The second kappa shape index (κ2) is 6.98. The van der Waals surface area contributed by atoms with Crippen molar-refractivity contribution < 1.29 is 8.78 Å². The van der Waals surface area contributed by atoms with E-state index in [0.717, 1.165) is 34.4 Å². The zero-order valence-electron chi connectivity index (χ0n) is 17.0. The van der Waals surface area contributed by atoms with Crippen molar-refractivity contribution in [2.24, 2.45) is 7.05 Å². The number of anilines is 1. The van der Waals surface area contributed by atoms with Gasteiger partial charge in [0.2, 0.25) is 5.95 Å². The van der Waals surface area contributed by atoms with Crippen molar-refractivity contribution in [3.05, 3.63) is 48.3 Å². The highest BCUT2D eigenvalue weighted by Crippen LogP contribution is 2.28. The highest BCUT2D eigenvalue weighted by atomic mass is 19.1. The van der Waals surface area contributed by atoms with Gasteiger partial charge in [-0.2, -0.15) is 9.49 Å². The third-order valence-electron chi connectivity index (χ3n) is 5.56. The van der Waals surface area contributed by atoms with Crippen LogP contribution in [0.4, 0.5) is 14.5 Å². The van der Waals surface area contributed by atoms with E-state index in [1.807, 2.05) is 6.07 Å². The zero-order chi connectivity index (χ0) is 21.0. The molecule has 0 bridgehead atoms. The van der Waals surface area contributed by atoms with Crippen LogP contribution >= 0.6 is 0 Å². The number of fused-ring (bicyclic) bond motifs is 2. The number of benzene rings is 2. The van der Waals surface area contributed by atoms with Crippen molar-refractivity contribution in [2.75, 3.05) is 18.0 Å². The molecule has 2 aromatic carbocycles. The van der Waals surface area contributed by atoms with Gasteiger partial charge in [-0.25, -0.2) is 19.0 Å². The normalized spacial score (nSPS) is 19.7. The van der Waals surface area contributed by atoms with E-state index >= 15 is 0 Å². The molecule has 6 nitrogen and oxygen atoms in total. The average molecular weight is 408 g/mol. The van der Waals surface area contributed by atoms with Crippen molar-refractivity contribution in [3.63, 3.8) is 0 Å². The fourth-order valence-corrected chi connectivity index (χ4v) is 4.25. The summed E-state index contributed by atoms with van der Waals surface area (Å²) in [6.45, 7) is 6.23. The predicted octanol–water partition coefficient (Wildman–Crippen LogP) is 3.65. The minimum absolute atomic E-state index is 0.00339. The Kier molecular flexibility index (Phi) is 4.39. The molecule has 4 aromatic rings. The zero-order valence-corrected chi connectivity index (χ0v) is 17.0. The van der Waals surface area contributed by atoms with Gasteiger partial charge in [0.1, 0.15) is 5.52 Å². The van der Waals surface area contributed by atoms with E-state index in [1.165, 1.54) is 13.1 Å². The van der Waals surface area contributed by atoms with Gasteiger partial charge in [0.05, 0.1) is 10.9 Å². The summed E-state index contributed by atoms with van der Waals surface area (Å²) in [5.74, 6) is -0.831. The monoisotopic (exact) mass is 408 g/mol. The Balaban J connectivity index is 1.53. The van der Waals surface area contributed by atoms with Gasteiger partial charge in [0, 0.05) is 55.1 Å². The molecule has 0 spiro atoms. The van der Waals surface area contributed by atoms with Gasteiger partial charge in [0.15, 0.2) is 11.6 Å². The van der Waals surface area contributed by atoms with Crippen LogP contribution in [0.2, 0.25) is 0 Å². The average Bonchev–Trinajstić information content (AvgIpc) is 3.01. The lowest BCUT2D eigenvalue weighted by Crippen LogP contribution is -2.54. The highest BCUT2D eigenvalue weighted by Gasteiger charge is 2.21. The first-order valence-corrected chi connectivity index (χ1v) is 9.99. The summed E-state index contributed by atoms with van der Waals surface area (Å²) in [6.07, 6.45) is 1.73. The number of halogens is 2. The Morgan fingerprint density at radius 1 is 1.07 bits per heavy atom. The molecule has 1 aliphatic heterocycles. The molecule has 0 unspecified atom stereocenters. The van der Waals surface area contributed by atoms with Crippen LogP contribution in [-0.4, -0.2) is 44.9 Å². The molecule has 2 aromatic heterocycles. The maximum Gasteiger partial charge on any atom is 0.219 e. The third kappa shape index (κ3) is 3.17. The van der Waals surface area contributed by atoms with Crippen molar-refractivity contribution >= 4 is 27.5 Å².